The van der Waals surface area contributed by atoms with E-state index in [4.69, 9.17) is 11.0 Å². The van der Waals surface area contributed by atoms with Crippen molar-refractivity contribution in [1.82, 2.24) is 0 Å². The number of benzene rings is 2. The van der Waals surface area contributed by atoms with Gasteiger partial charge in [-0.2, -0.15) is 0 Å². The lowest BCUT2D eigenvalue weighted by atomic mass is 9.83. The van der Waals surface area contributed by atoms with Crippen LogP contribution in [0.3, 0.4) is 0 Å². The first-order valence-corrected chi connectivity index (χ1v) is 10.5. The summed E-state index contributed by atoms with van der Waals surface area (Å²) in [6.07, 6.45) is 8.30. The molecule has 1 fully saturated rings. The maximum absolute atomic E-state index is 7.70. The van der Waals surface area contributed by atoms with Crippen LogP contribution in [-0.2, 0) is 7.05 Å². The molecule has 5 rings (SSSR count). The van der Waals surface area contributed by atoms with E-state index >= 15 is 0 Å². The molecule has 0 N–H and O–H groups in total. The van der Waals surface area contributed by atoms with Gasteiger partial charge in [-0.3, -0.25) is 0 Å². The molecule has 0 aliphatic heterocycles. The number of pyridine rings is 1. The van der Waals surface area contributed by atoms with Crippen LogP contribution in [0.4, 0.5) is 5.69 Å². The maximum atomic E-state index is 7.70. The molecule has 0 saturated heterocycles. The molecule has 2 aromatic heterocycles. The Balaban J connectivity index is 1.72. The van der Waals surface area contributed by atoms with Crippen molar-refractivity contribution in [3.8, 4) is 11.3 Å². The monoisotopic (exact) mass is 381 g/mol. The van der Waals surface area contributed by atoms with E-state index < -0.39 is 0 Å². The molecule has 0 unspecified atom stereocenters. The molecule has 0 atom stereocenters. The molecular formula is C26H25N2O+. The van der Waals surface area contributed by atoms with Crippen LogP contribution in [0.15, 0.2) is 53.1 Å². The number of rotatable bonds is 2. The summed E-state index contributed by atoms with van der Waals surface area (Å²) >= 11 is 0. The summed E-state index contributed by atoms with van der Waals surface area (Å²) in [4.78, 5) is 3.85. The third kappa shape index (κ3) is 3.00. The molecule has 29 heavy (non-hydrogen) atoms. The molecule has 0 radical (unpaired) electrons. The average molecular weight is 381 g/mol. The fourth-order valence-corrected chi connectivity index (χ4v) is 4.90. The average Bonchev–Trinajstić information content (AvgIpc) is 3.09. The van der Waals surface area contributed by atoms with E-state index in [1.165, 1.54) is 48.8 Å². The van der Waals surface area contributed by atoms with Crippen LogP contribution in [0, 0.1) is 13.5 Å². The van der Waals surface area contributed by atoms with Crippen molar-refractivity contribution >= 4 is 27.6 Å². The molecule has 3 heteroatoms. The van der Waals surface area contributed by atoms with Gasteiger partial charge in [0, 0.05) is 22.9 Å². The van der Waals surface area contributed by atoms with E-state index in [1.54, 1.807) is 0 Å². The predicted molar refractivity (Wildman–Crippen MR) is 117 cm³/mol. The van der Waals surface area contributed by atoms with Crippen molar-refractivity contribution in [2.45, 2.75) is 44.9 Å². The van der Waals surface area contributed by atoms with Crippen LogP contribution < -0.4 is 4.57 Å². The molecular weight excluding hydrogens is 356 g/mol. The van der Waals surface area contributed by atoms with Gasteiger partial charge in [0.15, 0.2) is 11.9 Å². The normalized spacial score (nSPS) is 15.1. The SMILES string of the molecule is [C-]#[N+]c1cc2oc3cc(-c4cccc[n+]4C)c(C)cc3c2cc1C1CCCCC1. The van der Waals surface area contributed by atoms with Crippen LogP contribution >= 0.6 is 0 Å². The lowest BCUT2D eigenvalue weighted by Gasteiger charge is -2.23. The summed E-state index contributed by atoms with van der Waals surface area (Å²) in [6, 6.07) is 14.8. The zero-order valence-corrected chi connectivity index (χ0v) is 17.0. The number of aryl methyl sites for hydroxylation is 2. The van der Waals surface area contributed by atoms with E-state index in [1.807, 2.05) is 12.1 Å². The van der Waals surface area contributed by atoms with E-state index in [-0.39, 0.29) is 0 Å². The second-order valence-electron chi connectivity index (χ2n) is 8.32. The predicted octanol–water partition coefficient (Wildman–Crippen LogP) is 6.98. The fraction of sp³-hybridized carbons (Fsp3) is 0.308. The van der Waals surface area contributed by atoms with Gasteiger partial charge in [-0.05, 0) is 61.1 Å². The first-order chi connectivity index (χ1) is 14.2. The topological polar surface area (TPSA) is 21.4 Å². The van der Waals surface area contributed by atoms with Gasteiger partial charge < -0.3 is 4.42 Å². The van der Waals surface area contributed by atoms with Crippen molar-refractivity contribution in [3.63, 3.8) is 0 Å². The molecule has 1 aliphatic carbocycles. The number of hydrogen-bond donors (Lipinski definition) is 0. The van der Waals surface area contributed by atoms with Gasteiger partial charge in [0.2, 0.25) is 5.69 Å². The van der Waals surface area contributed by atoms with Crippen LogP contribution in [-0.4, -0.2) is 0 Å². The number of aromatic nitrogens is 1. The summed E-state index contributed by atoms with van der Waals surface area (Å²) < 4.78 is 8.38. The van der Waals surface area contributed by atoms with Crippen molar-refractivity contribution in [2.75, 3.05) is 0 Å². The third-order valence-electron chi connectivity index (χ3n) is 6.46. The van der Waals surface area contributed by atoms with E-state index in [2.05, 4.69) is 59.9 Å². The largest absolute Gasteiger partial charge is 0.457 e. The third-order valence-corrected chi connectivity index (χ3v) is 6.46. The highest BCUT2D eigenvalue weighted by Gasteiger charge is 2.22. The van der Waals surface area contributed by atoms with E-state index in [0.29, 0.717) is 5.92 Å². The first kappa shape index (κ1) is 17.9. The molecule has 1 aliphatic rings. The van der Waals surface area contributed by atoms with Gasteiger partial charge in [-0.15, -0.1) is 0 Å². The van der Waals surface area contributed by atoms with Crippen molar-refractivity contribution in [2.24, 2.45) is 7.05 Å². The van der Waals surface area contributed by atoms with E-state index in [0.717, 1.165) is 33.3 Å². The lowest BCUT2D eigenvalue weighted by Crippen LogP contribution is -2.30. The maximum Gasteiger partial charge on any atom is 0.212 e. The Labute approximate surface area is 171 Å². The van der Waals surface area contributed by atoms with E-state index in [9.17, 15) is 0 Å². The highest BCUT2D eigenvalue weighted by molar-refractivity contribution is 6.07. The zero-order valence-electron chi connectivity index (χ0n) is 17.0. The van der Waals surface area contributed by atoms with Crippen LogP contribution in [0.1, 0.15) is 49.1 Å². The highest BCUT2D eigenvalue weighted by Crippen LogP contribution is 2.42. The number of fused-ring (bicyclic) bond motifs is 3. The Morgan fingerprint density at radius 1 is 1.00 bits per heavy atom. The minimum absolute atomic E-state index is 0.505. The summed E-state index contributed by atoms with van der Waals surface area (Å²) in [5.74, 6) is 0.505. The second kappa shape index (κ2) is 7.04. The number of hydrogen-bond acceptors (Lipinski definition) is 1. The summed E-state index contributed by atoms with van der Waals surface area (Å²) in [5, 5.41) is 2.29. The van der Waals surface area contributed by atoms with Gasteiger partial charge in [0.05, 0.1) is 12.1 Å². The molecule has 2 aromatic carbocycles. The Bertz CT molecular complexity index is 1270. The molecule has 0 spiro atoms. The minimum Gasteiger partial charge on any atom is -0.457 e. The van der Waals surface area contributed by atoms with Gasteiger partial charge in [-0.25, -0.2) is 9.41 Å². The van der Waals surface area contributed by atoms with Crippen molar-refractivity contribution in [3.05, 3.63) is 71.2 Å². The summed E-state index contributed by atoms with van der Waals surface area (Å²) in [6.45, 7) is 9.86. The van der Waals surface area contributed by atoms with Crippen LogP contribution in [0.2, 0.25) is 0 Å². The first-order valence-electron chi connectivity index (χ1n) is 10.5. The molecule has 0 bridgehead atoms. The number of nitrogens with zero attached hydrogens (tertiary/aromatic N) is 2. The fourth-order valence-electron chi connectivity index (χ4n) is 4.90. The highest BCUT2D eigenvalue weighted by atomic mass is 16.3. The second-order valence-corrected chi connectivity index (χ2v) is 8.32. The Morgan fingerprint density at radius 2 is 1.76 bits per heavy atom. The summed E-state index contributed by atoms with van der Waals surface area (Å²) in [5.41, 5.74) is 7.26. The standard InChI is InChI=1S/C26H25N2O/c1-17-13-21-22-14-20(18-9-5-4-6-10-18)23(27-2)16-26(22)29-25(21)15-19(17)24-11-7-8-12-28(24)3/h7-8,11-16,18H,4-6,9-10H2,1,3H3/q+1. The van der Waals surface area contributed by atoms with Crippen molar-refractivity contribution in [1.29, 1.82) is 0 Å². The minimum atomic E-state index is 0.505. The zero-order chi connectivity index (χ0) is 20.0. The quantitative estimate of drug-likeness (QED) is 0.271. The van der Waals surface area contributed by atoms with Gasteiger partial charge in [0.25, 0.3) is 0 Å². The smallest absolute Gasteiger partial charge is 0.212 e. The van der Waals surface area contributed by atoms with Crippen LogP contribution in [0.25, 0.3) is 38.0 Å². The van der Waals surface area contributed by atoms with Gasteiger partial charge >= 0.3 is 0 Å². The van der Waals surface area contributed by atoms with Gasteiger partial charge in [0.1, 0.15) is 18.2 Å². The molecule has 2 heterocycles. The molecule has 1 saturated carbocycles. The van der Waals surface area contributed by atoms with Crippen LogP contribution in [0.5, 0.6) is 0 Å². The molecule has 0 amide bonds. The van der Waals surface area contributed by atoms with Crippen molar-refractivity contribution < 1.29 is 8.98 Å². The molecule has 3 nitrogen and oxygen atoms in total. The Morgan fingerprint density at radius 3 is 2.52 bits per heavy atom. The summed E-state index contributed by atoms with van der Waals surface area (Å²) in [7, 11) is 2.07. The van der Waals surface area contributed by atoms with Gasteiger partial charge in [-0.1, -0.05) is 25.3 Å². The Hall–Kier alpha value is -3.12. The Kier molecular flexibility index (Phi) is 4.36. The molecule has 144 valence electrons. The lowest BCUT2D eigenvalue weighted by molar-refractivity contribution is -0.660. The number of furan rings is 1. The molecule has 4 aromatic rings.